The van der Waals surface area contributed by atoms with Crippen LogP contribution in [0.1, 0.15) is 63.5 Å². The Hall–Kier alpha value is -1.83. The van der Waals surface area contributed by atoms with Crippen LogP contribution in [0.2, 0.25) is 0 Å². The summed E-state index contributed by atoms with van der Waals surface area (Å²) in [5.41, 5.74) is 4.57. The average Bonchev–Trinajstić information content (AvgIpc) is 3.05. The van der Waals surface area contributed by atoms with E-state index in [9.17, 15) is 0 Å². The van der Waals surface area contributed by atoms with Crippen LogP contribution in [0.4, 0.5) is 0 Å². The van der Waals surface area contributed by atoms with Gasteiger partial charge in [0.1, 0.15) is 12.2 Å². The number of benzene rings is 1. The van der Waals surface area contributed by atoms with Crippen molar-refractivity contribution in [1.82, 2.24) is 4.57 Å². The zero-order chi connectivity index (χ0) is 16.9. The molecular weight excluding hydrogens is 268 g/mol. The summed E-state index contributed by atoms with van der Waals surface area (Å²) in [6.07, 6.45) is 9.76. The highest BCUT2D eigenvalue weighted by Gasteiger charge is 2.35. The van der Waals surface area contributed by atoms with Gasteiger partial charge in [-0.05, 0) is 43.5 Å². The lowest BCUT2D eigenvalue weighted by molar-refractivity contribution is -0.692. The van der Waals surface area contributed by atoms with E-state index in [4.69, 9.17) is 2.74 Å². The number of hydrogen-bond acceptors (Lipinski definition) is 0. The lowest BCUT2D eigenvalue weighted by atomic mass is 9.88. The van der Waals surface area contributed by atoms with Crippen LogP contribution in [-0.2, 0) is 6.50 Å². The first-order chi connectivity index (χ1) is 11.5. The van der Waals surface area contributed by atoms with E-state index in [1.807, 2.05) is 10.6 Å². The first kappa shape index (κ1) is 11.7. The number of rotatable bonds is 2. The van der Waals surface area contributed by atoms with Crippen LogP contribution in [0, 0.1) is 13.8 Å². The Balaban J connectivity index is 2.00. The summed E-state index contributed by atoms with van der Waals surface area (Å²) in [6.45, 7) is 2.83. The minimum Gasteiger partial charge on any atom is -0.223 e. The van der Waals surface area contributed by atoms with Crippen molar-refractivity contribution in [2.75, 3.05) is 0 Å². The fraction of sp³-hybridized carbons (Fsp3) is 0.450. The molecule has 1 aromatic heterocycles. The highest BCUT2D eigenvalue weighted by atomic mass is 15.2. The number of aromatic nitrogens is 2. The van der Waals surface area contributed by atoms with Gasteiger partial charge in [0.05, 0.1) is 8.66 Å². The number of allylic oxidation sites excluding steroid dienone is 1. The topological polar surface area (TPSA) is 8.81 Å². The molecule has 0 amide bonds. The third-order valence-corrected chi connectivity index (χ3v) is 5.18. The van der Waals surface area contributed by atoms with Crippen molar-refractivity contribution in [3.63, 3.8) is 0 Å². The standard InChI is InChI=1S/C20H25N2/c1-15-9-6-7-12-18(15)22-16(2)19-13-8-14-21(19)20(22)17-10-4-3-5-11-17/h6-9,12-13,17H,3-5,10-11,14H2,1-2H3/q+1/i14D2. The van der Waals surface area contributed by atoms with Crippen LogP contribution in [0.25, 0.3) is 11.8 Å². The molecule has 0 radical (unpaired) electrons. The summed E-state index contributed by atoms with van der Waals surface area (Å²) >= 11 is 0. The molecule has 2 nitrogen and oxygen atoms in total. The van der Waals surface area contributed by atoms with Crippen LogP contribution in [-0.4, -0.2) is 4.57 Å². The monoisotopic (exact) mass is 295 g/mol. The van der Waals surface area contributed by atoms with Crippen LogP contribution < -0.4 is 4.57 Å². The summed E-state index contributed by atoms with van der Waals surface area (Å²) in [5, 5.41) is 0. The van der Waals surface area contributed by atoms with Gasteiger partial charge in [0.15, 0.2) is 11.4 Å². The fourth-order valence-corrected chi connectivity index (χ4v) is 4.04. The second kappa shape index (κ2) is 5.42. The summed E-state index contributed by atoms with van der Waals surface area (Å²) in [7, 11) is 0. The van der Waals surface area contributed by atoms with Crippen molar-refractivity contribution in [3.05, 3.63) is 53.1 Å². The molecule has 4 rings (SSSR count). The van der Waals surface area contributed by atoms with Crippen molar-refractivity contribution in [1.29, 1.82) is 0 Å². The number of hydrogen-bond donors (Lipinski definition) is 0. The zero-order valence-electron chi connectivity index (χ0n) is 15.5. The predicted molar refractivity (Wildman–Crippen MR) is 90.3 cm³/mol. The van der Waals surface area contributed by atoms with E-state index in [0.717, 1.165) is 30.1 Å². The summed E-state index contributed by atoms with van der Waals surface area (Å²) in [5.74, 6) is 1.58. The summed E-state index contributed by atoms with van der Waals surface area (Å²) < 4.78 is 21.2. The first-order valence-electron chi connectivity index (χ1n) is 9.43. The fourth-order valence-electron chi connectivity index (χ4n) is 4.04. The van der Waals surface area contributed by atoms with Gasteiger partial charge in [-0.3, -0.25) is 0 Å². The highest BCUT2D eigenvalue weighted by molar-refractivity contribution is 5.51. The summed E-state index contributed by atoms with van der Waals surface area (Å²) in [4.78, 5) is 0. The minimum atomic E-state index is -1.43. The molecule has 2 aromatic rings. The Morgan fingerprint density at radius 2 is 1.91 bits per heavy atom. The largest absolute Gasteiger partial charge is 0.265 e. The number of imidazole rings is 1. The lowest BCUT2D eigenvalue weighted by Crippen LogP contribution is -2.38. The molecule has 22 heavy (non-hydrogen) atoms. The summed E-state index contributed by atoms with van der Waals surface area (Å²) in [6, 6.07) is 8.44. The Morgan fingerprint density at radius 3 is 2.68 bits per heavy atom. The maximum absolute atomic E-state index is 8.48. The molecule has 1 saturated carbocycles. The Kier molecular flexibility index (Phi) is 2.88. The van der Waals surface area contributed by atoms with Gasteiger partial charge in [0.25, 0.3) is 5.82 Å². The van der Waals surface area contributed by atoms with E-state index < -0.39 is 6.50 Å². The van der Waals surface area contributed by atoms with Crippen molar-refractivity contribution in [2.45, 2.75) is 58.4 Å². The van der Waals surface area contributed by atoms with Gasteiger partial charge in [0, 0.05) is 6.92 Å². The van der Waals surface area contributed by atoms with E-state index >= 15 is 0 Å². The molecule has 2 aliphatic rings. The lowest BCUT2D eigenvalue weighted by Gasteiger charge is -2.20. The Bertz CT molecular complexity index is 811. The Labute approximate surface area is 135 Å². The molecule has 114 valence electrons. The van der Waals surface area contributed by atoms with Crippen LogP contribution in [0.5, 0.6) is 0 Å². The van der Waals surface area contributed by atoms with Gasteiger partial charge in [-0.2, -0.15) is 4.57 Å². The molecule has 0 bridgehead atoms. The molecule has 1 aliphatic heterocycles. The number of aryl methyl sites for hydroxylation is 1. The van der Waals surface area contributed by atoms with Crippen LogP contribution >= 0.6 is 0 Å². The average molecular weight is 295 g/mol. The van der Waals surface area contributed by atoms with E-state index in [-0.39, 0.29) is 0 Å². The molecule has 1 aromatic carbocycles. The second-order valence-corrected chi connectivity index (χ2v) is 6.58. The molecule has 0 atom stereocenters. The van der Waals surface area contributed by atoms with Gasteiger partial charge >= 0.3 is 0 Å². The van der Waals surface area contributed by atoms with Gasteiger partial charge in [0.2, 0.25) is 0 Å². The third kappa shape index (κ3) is 2.05. The number of nitrogens with zero attached hydrogens (tertiary/aromatic N) is 2. The van der Waals surface area contributed by atoms with E-state index in [1.165, 1.54) is 30.5 Å². The quantitative estimate of drug-likeness (QED) is 0.724. The zero-order valence-corrected chi connectivity index (χ0v) is 13.5. The highest BCUT2D eigenvalue weighted by Crippen LogP contribution is 2.35. The smallest absolute Gasteiger partial charge is 0.223 e. The van der Waals surface area contributed by atoms with E-state index in [1.54, 1.807) is 6.08 Å². The van der Waals surface area contributed by atoms with Crippen molar-refractivity contribution >= 4 is 6.08 Å². The maximum Gasteiger partial charge on any atom is 0.265 e. The van der Waals surface area contributed by atoms with Crippen LogP contribution in [0.3, 0.4) is 0 Å². The first-order valence-corrected chi connectivity index (χ1v) is 8.43. The van der Waals surface area contributed by atoms with Gasteiger partial charge in [-0.15, -0.1) is 0 Å². The SMILES string of the molecule is [2H]C1([2H])C=Cc2c(C)n(-c3ccccc3C)c(C3CCCCC3)[n+]21. The van der Waals surface area contributed by atoms with Crippen molar-refractivity contribution in [2.24, 2.45) is 0 Å². The molecular formula is C20H25N2+. The molecule has 2 heteroatoms. The van der Waals surface area contributed by atoms with Gasteiger partial charge in [-0.25, -0.2) is 4.57 Å². The molecule has 0 spiro atoms. The number of fused-ring (bicyclic) bond motifs is 1. The molecule has 0 N–H and O–H groups in total. The second-order valence-electron chi connectivity index (χ2n) is 6.58. The van der Waals surface area contributed by atoms with E-state index in [2.05, 4.69) is 42.7 Å². The number of para-hydroxylation sites is 1. The molecule has 1 aliphatic carbocycles. The normalized spacial score (nSPS) is 21.5. The van der Waals surface area contributed by atoms with E-state index in [0.29, 0.717) is 5.92 Å². The molecule has 2 heterocycles. The van der Waals surface area contributed by atoms with Crippen molar-refractivity contribution < 1.29 is 7.31 Å². The van der Waals surface area contributed by atoms with Crippen molar-refractivity contribution in [3.8, 4) is 5.69 Å². The minimum absolute atomic E-state index is 0.431. The van der Waals surface area contributed by atoms with Crippen LogP contribution in [0.15, 0.2) is 30.3 Å². The van der Waals surface area contributed by atoms with Gasteiger partial charge < -0.3 is 0 Å². The molecule has 0 saturated heterocycles. The third-order valence-electron chi connectivity index (χ3n) is 5.18. The maximum atomic E-state index is 8.48. The van der Waals surface area contributed by atoms with Gasteiger partial charge in [-0.1, -0.05) is 37.5 Å². The Morgan fingerprint density at radius 1 is 1.14 bits per heavy atom. The molecule has 0 unspecified atom stereocenters. The predicted octanol–water partition coefficient (Wildman–Crippen LogP) is 4.46. The molecule has 1 fully saturated rings.